The van der Waals surface area contributed by atoms with E-state index < -0.39 is 0 Å². The van der Waals surface area contributed by atoms with Gasteiger partial charge in [-0.1, -0.05) is 50.2 Å². The van der Waals surface area contributed by atoms with Gasteiger partial charge in [-0.25, -0.2) is 4.68 Å². The van der Waals surface area contributed by atoms with Crippen molar-refractivity contribution < 1.29 is 4.79 Å². The number of aromatic nitrogens is 2. The van der Waals surface area contributed by atoms with Crippen molar-refractivity contribution in [1.82, 2.24) is 9.78 Å². The number of carbonyl (C=O) groups excluding carboxylic acids is 1. The molecule has 1 aromatic heterocycles. The van der Waals surface area contributed by atoms with E-state index in [0.717, 1.165) is 11.3 Å². The van der Waals surface area contributed by atoms with Crippen LogP contribution in [0.1, 0.15) is 42.7 Å². The van der Waals surface area contributed by atoms with Crippen LogP contribution in [0, 0.1) is 0 Å². The summed E-state index contributed by atoms with van der Waals surface area (Å²) in [6.45, 7) is 6.40. The Kier molecular flexibility index (Phi) is 4.65. The molecule has 0 saturated heterocycles. The number of fused-ring (bicyclic) bond motifs is 1. The first kappa shape index (κ1) is 16.9. The van der Waals surface area contributed by atoms with Gasteiger partial charge in [-0.15, -0.1) is 0 Å². The third-order valence-corrected chi connectivity index (χ3v) is 4.21. The highest BCUT2D eigenvalue weighted by Crippen LogP contribution is 2.24. The molecule has 0 spiro atoms. The lowest BCUT2D eigenvalue weighted by Gasteiger charge is -2.14. The first-order valence-corrected chi connectivity index (χ1v) is 8.43. The Balaban J connectivity index is 2.10. The van der Waals surface area contributed by atoms with Crippen molar-refractivity contribution in [2.45, 2.75) is 33.2 Å². The van der Waals surface area contributed by atoms with E-state index in [1.807, 2.05) is 31.2 Å². The van der Waals surface area contributed by atoms with Crippen LogP contribution in [0.25, 0.3) is 10.8 Å². The topological polar surface area (TPSA) is 64.0 Å². The van der Waals surface area contributed by atoms with Gasteiger partial charge < -0.3 is 5.32 Å². The fourth-order valence-electron chi connectivity index (χ4n) is 2.91. The Morgan fingerprint density at radius 3 is 2.40 bits per heavy atom. The second-order valence-electron chi connectivity index (χ2n) is 6.21. The van der Waals surface area contributed by atoms with Crippen LogP contribution in [-0.2, 0) is 6.54 Å². The van der Waals surface area contributed by atoms with Crippen LogP contribution in [0.5, 0.6) is 0 Å². The quantitative estimate of drug-likeness (QED) is 0.789. The fraction of sp³-hybridized carbons (Fsp3) is 0.250. The monoisotopic (exact) mass is 335 g/mol. The number of nitrogens with zero attached hydrogens (tertiary/aromatic N) is 2. The molecule has 128 valence electrons. The van der Waals surface area contributed by atoms with Gasteiger partial charge in [0.25, 0.3) is 11.5 Å². The molecule has 1 heterocycles. The molecule has 0 fully saturated rings. The van der Waals surface area contributed by atoms with Crippen molar-refractivity contribution in [3.8, 4) is 0 Å². The standard InChI is InChI=1S/C20H21N3O2/c1-4-23-20(25)16-11-6-5-10-15(16)18(22-23)19(24)21-17-12-8-7-9-14(17)13(2)3/h5-13H,4H2,1-3H3,(H,21,24). The Morgan fingerprint density at radius 2 is 1.72 bits per heavy atom. The first-order valence-electron chi connectivity index (χ1n) is 8.43. The van der Waals surface area contributed by atoms with E-state index in [0.29, 0.717) is 17.3 Å². The number of carbonyl (C=O) groups is 1. The van der Waals surface area contributed by atoms with Crippen LogP contribution in [0.15, 0.2) is 53.3 Å². The Hall–Kier alpha value is -2.95. The summed E-state index contributed by atoms with van der Waals surface area (Å²) in [6, 6.07) is 14.8. The number of aryl methyl sites for hydroxylation is 1. The second kappa shape index (κ2) is 6.89. The van der Waals surface area contributed by atoms with Crippen molar-refractivity contribution in [2.75, 3.05) is 5.32 Å². The van der Waals surface area contributed by atoms with Crippen molar-refractivity contribution in [2.24, 2.45) is 0 Å². The average Bonchev–Trinajstić information content (AvgIpc) is 2.62. The maximum absolute atomic E-state index is 12.9. The molecule has 2 aromatic carbocycles. The van der Waals surface area contributed by atoms with E-state index in [1.54, 1.807) is 24.3 Å². The summed E-state index contributed by atoms with van der Waals surface area (Å²) in [5.41, 5.74) is 1.90. The summed E-state index contributed by atoms with van der Waals surface area (Å²) >= 11 is 0. The third kappa shape index (κ3) is 3.18. The number of amides is 1. The van der Waals surface area contributed by atoms with Gasteiger partial charge in [0.15, 0.2) is 5.69 Å². The number of hydrogen-bond acceptors (Lipinski definition) is 3. The average molecular weight is 335 g/mol. The van der Waals surface area contributed by atoms with E-state index in [2.05, 4.69) is 24.3 Å². The summed E-state index contributed by atoms with van der Waals surface area (Å²) in [4.78, 5) is 25.3. The fourth-order valence-corrected chi connectivity index (χ4v) is 2.91. The lowest BCUT2D eigenvalue weighted by atomic mass is 10.0. The van der Waals surface area contributed by atoms with E-state index >= 15 is 0 Å². The van der Waals surface area contributed by atoms with Gasteiger partial charge in [0.2, 0.25) is 0 Å². The number of hydrogen-bond donors (Lipinski definition) is 1. The molecule has 0 aliphatic heterocycles. The maximum atomic E-state index is 12.9. The first-order chi connectivity index (χ1) is 12.0. The molecular formula is C20H21N3O2. The summed E-state index contributed by atoms with van der Waals surface area (Å²) in [5.74, 6) is -0.0303. The number of benzene rings is 2. The van der Waals surface area contributed by atoms with Gasteiger partial charge in [-0.3, -0.25) is 9.59 Å². The van der Waals surface area contributed by atoms with Gasteiger partial charge in [0.05, 0.1) is 5.39 Å². The summed E-state index contributed by atoms with van der Waals surface area (Å²) in [6.07, 6.45) is 0. The lowest BCUT2D eigenvalue weighted by Crippen LogP contribution is -2.27. The third-order valence-electron chi connectivity index (χ3n) is 4.21. The molecule has 0 unspecified atom stereocenters. The largest absolute Gasteiger partial charge is 0.320 e. The molecule has 0 aliphatic rings. The summed E-state index contributed by atoms with van der Waals surface area (Å²) in [7, 11) is 0. The zero-order valence-electron chi connectivity index (χ0n) is 14.6. The molecule has 1 amide bonds. The normalized spacial score (nSPS) is 11.0. The highest BCUT2D eigenvalue weighted by Gasteiger charge is 2.17. The van der Waals surface area contributed by atoms with Crippen LogP contribution in [0.4, 0.5) is 5.69 Å². The summed E-state index contributed by atoms with van der Waals surface area (Å²) in [5, 5.41) is 8.30. The van der Waals surface area contributed by atoms with E-state index in [9.17, 15) is 9.59 Å². The van der Waals surface area contributed by atoms with Crippen molar-refractivity contribution in [3.05, 3.63) is 70.1 Å². The number of para-hydroxylation sites is 1. The highest BCUT2D eigenvalue weighted by atomic mass is 16.2. The van der Waals surface area contributed by atoms with Crippen molar-refractivity contribution in [1.29, 1.82) is 0 Å². The molecule has 0 atom stereocenters. The molecule has 0 saturated carbocycles. The molecule has 0 radical (unpaired) electrons. The van der Waals surface area contributed by atoms with Gasteiger partial charge in [-0.05, 0) is 30.5 Å². The Labute approximate surface area is 146 Å². The van der Waals surface area contributed by atoms with Crippen LogP contribution >= 0.6 is 0 Å². The van der Waals surface area contributed by atoms with Gasteiger partial charge in [-0.2, -0.15) is 5.10 Å². The molecule has 3 rings (SSSR count). The predicted molar refractivity (Wildman–Crippen MR) is 100 cm³/mol. The lowest BCUT2D eigenvalue weighted by molar-refractivity contribution is 0.102. The van der Waals surface area contributed by atoms with Crippen molar-refractivity contribution in [3.63, 3.8) is 0 Å². The zero-order chi connectivity index (χ0) is 18.0. The SMILES string of the molecule is CCn1nc(C(=O)Nc2ccccc2C(C)C)c2ccccc2c1=O. The number of nitrogens with one attached hydrogen (secondary N) is 1. The van der Waals surface area contributed by atoms with Gasteiger partial charge in [0, 0.05) is 17.6 Å². The molecule has 3 aromatic rings. The summed E-state index contributed by atoms with van der Waals surface area (Å²) < 4.78 is 1.32. The van der Waals surface area contributed by atoms with Crippen LogP contribution in [-0.4, -0.2) is 15.7 Å². The zero-order valence-corrected chi connectivity index (χ0v) is 14.6. The molecular weight excluding hydrogens is 314 g/mol. The molecule has 5 heteroatoms. The van der Waals surface area contributed by atoms with Crippen LogP contribution < -0.4 is 10.9 Å². The Bertz CT molecular complexity index is 990. The maximum Gasteiger partial charge on any atom is 0.276 e. The Morgan fingerprint density at radius 1 is 1.08 bits per heavy atom. The minimum absolute atomic E-state index is 0.183. The molecule has 25 heavy (non-hydrogen) atoms. The highest BCUT2D eigenvalue weighted by molar-refractivity contribution is 6.11. The molecule has 1 N–H and O–H groups in total. The van der Waals surface area contributed by atoms with E-state index in [4.69, 9.17) is 0 Å². The van der Waals surface area contributed by atoms with E-state index in [1.165, 1.54) is 4.68 Å². The minimum Gasteiger partial charge on any atom is -0.320 e. The molecule has 5 nitrogen and oxygen atoms in total. The predicted octanol–water partition coefficient (Wildman–Crippen LogP) is 3.79. The number of anilines is 1. The van der Waals surface area contributed by atoms with Crippen LogP contribution in [0.2, 0.25) is 0 Å². The molecule has 0 bridgehead atoms. The van der Waals surface area contributed by atoms with Crippen LogP contribution in [0.3, 0.4) is 0 Å². The smallest absolute Gasteiger partial charge is 0.276 e. The minimum atomic E-state index is -0.313. The molecule has 0 aliphatic carbocycles. The van der Waals surface area contributed by atoms with Gasteiger partial charge >= 0.3 is 0 Å². The second-order valence-corrected chi connectivity index (χ2v) is 6.21. The van der Waals surface area contributed by atoms with Gasteiger partial charge in [0.1, 0.15) is 0 Å². The number of rotatable bonds is 4. The van der Waals surface area contributed by atoms with Crippen molar-refractivity contribution >= 4 is 22.4 Å². The van der Waals surface area contributed by atoms with E-state index in [-0.39, 0.29) is 23.1 Å².